The largest absolute Gasteiger partial charge is 0.316 e. The third kappa shape index (κ3) is 3.63. The zero-order valence-electron chi connectivity index (χ0n) is 13.4. The number of hydrogen-bond acceptors (Lipinski definition) is 1. The Morgan fingerprint density at radius 3 is 2.48 bits per heavy atom. The Bertz CT molecular complexity index is 478. The molecule has 2 aliphatic rings. The summed E-state index contributed by atoms with van der Waals surface area (Å²) in [5, 5.41) is 4.50. The SMILES string of the molecule is CC1(C)CCC(c2ccc(C3CCCNC3)cc2Cl)CC1. The molecule has 1 aromatic rings. The lowest BCUT2D eigenvalue weighted by Gasteiger charge is -2.35. The fourth-order valence-electron chi connectivity index (χ4n) is 3.98. The molecule has 1 aromatic carbocycles. The number of nitrogens with one attached hydrogen (secondary N) is 1. The molecule has 1 N–H and O–H groups in total. The van der Waals surface area contributed by atoms with Gasteiger partial charge in [0.15, 0.2) is 0 Å². The van der Waals surface area contributed by atoms with Crippen molar-refractivity contribution >= 4 is 11.6 Å². The lowest BCUT2D eigenvalue weighted by atomic mass is 9.71. The van der Waals surface area contributed by atoms with Crippen LogP contribution in [0.15, 0.2) is 18.2 Å². The van der Waals surface area contributed by atoms with E-state index in [0.717, 1.165) is 11.6 Å². The van der Waals surface area contributed by atoms with Crippen LogP contribution in [0, 0.1) is 5.41 Å². The van der Waals surface area contributed by atoms with Crippen molar-refractivity contribution in [2.75, 3.05) is 13.1 Å². The molecule has 2 fully saturated rings. The summed E-state index contributed by atoms with van der Waals surface area (Å²) in [6, 6.07) is 6.89. The van der Waals surface area contributed by atoms with E-state index in [2.05, 4.69) is 37.4 Å². The summed E-state index contributed by atoms with van der Waals surface area (Å²) in [5.74, 6) is 1.32. The second-order valence-electron chi connectivity index (χ2n) is 7.76. The maximum atomic E-state index is 6.63. The van der Waals surface area contributed by atoms with Crippen LogP contribution in [0.1, 0.15) is 75.3 Å². The number of halogens is 1. The summed E-state index contributed by atoms with van der Waals surface area (Å²) in [6.07, 6.45) is 7.79. The number of piperidine rings is 1. The molecule has 0 bridgehead atoms. The first-order chi connectivity index (χ1) is 10.1. The van der Waals surface area contributed by atoms with E-state index in [1.807, 2.05) is 0 Å². The summed E-state index contributed by atoms with van der Waals surface area (Å²) < 4.78 is 0. The van der Waals surface area contributed by atoms with Gasteiger partial charge in [0, 0.05) is 11.6 Å². The Hall–Kier alpha value is -0.530. The Balaban J connectivity index is 1.72. The molecule has 1 unspecified atom stereocenters. The monoisotopic (exact) mass is 305 g/mol. The smallest absolute Gasteiger partial charge is 0.0443 e. The molecule has 1 saturated carbocycles. The van der Waals surface area contributed by atoms with Crippen LogP contribution >= 0.6 is 11.6 Å². The van der Waals surface area contributed by atoms with Crippen molar-refractivity contribution in [1.29, 1.82) is 0 Å². The molecule has 1 saturated heterocycles. The molecule has 0 amide bonds. The molecule has 1 heterocycles. The predicted molar refractivity (Wildman–Crippen MR) is 91.3 cm³/mol. The van der Waals surface area contributed by atoms with Crippen LogP contribution in [-0.4, -0.2) is 13.1 Å². The van der Waals surface area contributed by atoms with Crippen LogP contribution in [0.4, 0.5) is 0 Å². The van der Waals surface area contributed by atoms with E-state index >= 15 is 0 Å². The predicted octanol–water partition coefficient (Wildman–Crippen LogP) is 5.49. The molecule has 1 aliphatic carbocycles. The quantitative estimate of drug-likeness (QED) is 0.761. The van der Waals surface area contributed by atoms with Gasteiger partial charge in [0.2, 0.25) is 0 Å². The topological polar surface area (TPSA) is 12.0 Å². The highest BCUT2D eigenvalue weighted by molar-refractivity contribution is 6.31. The van der Waals surface area contributed by atoms with Crippen LogP contribution in [0.3, 0.4) is 0 Å². The molecule has 2 heteroatoms. The maximum Gasteiger partial charge on any atom is 0.0443 e. The summed E-state index contributed by atoms with van der Waals surface area (Å²) in [6.45, 7) is 7.06. The molecule has 3 rings (SSSR count). The standard InChI is InChI=1S/C19H28ClN/c1-19(2)9-7-14(8-10-19)17-6-5-15(12-18(17)20)16-4-3-11-21-13-16/h5-6,12,14,16,21H,3-4,7-11,13H2,1-2H3. The average Bonchev–Trinajstić information content (AvgIpc) is 2.49. The van der Waals surface area contributed by atoms with Crippen molar-refractivity contribution in [3.8, 4) is 0 Å². The van der Waals surface area contributed by atoms with Crippen LogP contribution in [-0.2, 0) is 0 Å². The Morgan fingerprint density at radius 1 is 1.10 bits per heavy atom. The van der Waals surface area contributed by atoms with E-state index in [0.29, 0.717) is 17.3 Å². The zero-order valence-corrected chi connectivity index (χ0v) is 14.2. The first-order valence-corrected chi connectivity index (χ1v) is 8.93. The van der Waals surface area contributed by atoms with Gasteiger partial charge in [-0.15, -0.1) is 0 Å². The molecule has 0 radical (unpaired) electrons. The van der Waals surface area contributed by atoms with Gasteiger partial charge in [-0.25, -0.2) is 0 Å². The third-order valence-corrected chi connectivity index (χ3v) is 5.90. The van der Waals surface area contributed by atoms with E-state index in [1.54, 1.807) is 0 Å². The van der Waals surface area contributed by atoms with Gasteiger partial charge in [0.1, 0.15) is 0 Å². The van der Waals surface area contributed by atoms with Gasteiger partial charge in [-0.2, -0.15) is 0 Å². The molecule has 1 atom stereocenters. The Labute approximate surface area is 134 Å². The second-order valence-corrected chi connectivity index (χ2v) is 8.17. The molecule has 0 spiro atoms. The molecule has 116 valence electrons. The first kappa shape index (κ1) is 15.4. The molecule has 21 heavy (non-hydrogen) atoms. The van der Waals surface area contributed by atoms with Crippen molar-refractivity contribution in [1.82, 2.24) is 5.32 Å². The van der Waals surface area contributed by atoms with Crippen molar-refractivity contribution in [3.63, 3.8) is 0 Å². The zero-order chi connectivity index (χ0) is 14.9. The van der Waals surface area contributed by atoms with E-state index in [1.165, 1.54) is 56.2 Å². The first-order valence-electron chi connectivity index (χ1n) is 8.55. The minimum absolute atomic E-state index is 0.524. The molecule has 1 aliphatic heterocycles. The van der Waals surface area contributed by atoms with Gasteiger partial charge >= 0.3 is 0 Å². The summed E-state index contributed by atoms with van der Waals surface area (Å²) in [4.78, 5) is 0. The van der Waals surface area contributed by atoms with Gasteiger partial charge in [-0.1, -0.05) is 37.6 Å². The summed E-state index contributed by atoms with van der Waals surface area (Å²) in [7, 11) is 0. The highest BCUT2D eigenvalue weighted by Gasteiger charge is 2.28. The highest BCUT2D eigenvalue weighted by atomic mass is 35.5. The van der Waals surface area contributed by atoms with Crippen molar-refractivity contribution in [2.45, 2.75) is 64.2 Å². The molecule has 0 aromatic heterocycles. The Morgan fingerprint density at radius 2 is 1.86 bits per heavy atom. The lowest BCUT2D eigenvalue weighted by molar-refractivity contribution is 0.224. The minimum Gasteiger partial charge on any atom is -0.316 e. The minimum atomic E-state index is 0.524. The van der Waals surface area contributed by atoms with Crippen LogP contribution in [0.5, 0.6) is 0 Å². The number of rotatable bonds is 2. The van der Waals surface area contributed by atoms with Crippen LogP contribution < -0.4 is 5.32 Å². The molecular formula is C19H28ClN. The van der Waals surface area contributed by atoms with E-state index < -0.39 is 0 Å². The maximum absolute atomic E-state index is 6.63. The van der Waals surface area contributed by atoms with Crippen LogP contribution in [0.25, 0.3) is 0 Å². The van der Waals surface area contributed by atoms with Gasteiger partial charge < -0.3 is 5.32 Å². The molecule has 1 nitrogen and oxygen atoms in total. The second kappa shape index (κ2) is 6.30. The van der Waals surface area contributed by atoms with E-state index in [9.17, 15) is 0 Å². The molecular weight excluding hydrogens is 278 g/mol. The van der Waals surface area contributed by atoms with Gasteiger partial charge in [0.05, 0.1) is 0 Å². The van der Waals surface area contributed by atoms with Gasteiger partial charge in [-0.05, 0) is 79.5 Å². The lowest BCUT2D eigenvalue weighted by Crippen LogP contribution is -2.28. The van der Waals surface area contributed by atoms with Crippen molar-refractivity contribution in [3.05, 3.63) is 34.3 Å². The number of hydrogen-bond donors (Lipinski definition) is 1. The van der Waals surface area contributed by atoms with E-state index in [-0.39, 0.29) is 0 Å². The summed E-state index contributed by atoms with van der Waals surface area (Å²) >= 11 is 6.63. The highest BCUT2D eigenvalue weighted by Crippen LogP contribution is 2.44. The fraction of sp³-hybridized carbons (Fsp3) is 0.684. The van der Waals surface area contributed by atoms with Crippen LogP contribution in [0.2, 0.25) is 5.02 Å². The third-order valence-electron chi connectivity index (χ3n) is 5.57. The normalized spacial score (nSPS) is 26.7. The average molecular weight is 306 g/mol. The van der Waals surface area contributed by atoms with E-state index in [4.69, 9.17) is 11.6 Å². The number of benzene rings is 1. The van der Waals surface area contributed by atoms with Crippen molar-refractivity contribution in [2.24, 2.45) is 5.41 Å². The summed E-state index contributed by atoms with van der Waals surface area (Å²) in [5.41, 5.74) is 3.34. The fourth-order valence-corrected chi connectivity index (χ4v) is 4.32. The van der Waals surface area contributed by atoms with Gasteiger partial charge in [0.25, 0.3) is 0 Å². The van der Waals surface area contributed by atoms with Crippen molar-refractivity contribution < 1.29 is 0 Å². The van der Waals surface area contributed by atoms with Gasteiger partial charge in [-0.3, -0.25) is 0 Å². The Kier molecular flexibility index (Phi) is 4.61.